The zero-order valence-electron chi connectivity index (χ0n) is 46.7. The predicted molar refractivity (Wildman–Crippen MR) is 276 cm³/mol. The monoisotopic (exact) mass is 1120 g/mol. The van der Waals surface area contributed by atoms with Gasteiger partial charge in [-0.15, -0.1) is 0 Å². The van der Waals surface area contributed by atoms with E-state index in [1.54, 1.807) is 34.0 Å². The van der Waals surface area contributed by atoms with E-state index in [0.717, 1.165) is 11.1 Å². The molecular formula is C57H86O22. The van der Waals surface area contributed by atoms with E-state index in [-0.39, 0.29) is 38.2 Å². The van der Waals surface area contributed by atoms with Gasteiger partial charge in [-0.25, -0.2) is 4.79 Å². The molecule has 27 atom stereocenters. The van der Waals surface area contributed by atoms with Gasteiger partial charge in [0.1, 0.15) is 77.8 Å². The third-order valence-corrected chi connectivity index (χ3v) is 19.7. The maximum Gasteiger partial charge on any atom is 0.331 e. The molecule has 3 saturated carbocycles. The maximum absolute atomic E-state index is 13.6. The quantitative estimate of drug-likeness (QED) is 0.0640. The van der Waals surface area contributed by atoms with Gasteiger partial charge in [-0.05, 0) is 89.7 Å². The molecule has 0 radical (unpaired) electrons. The van der Waals surface area contributed by atoms with Crippen molar-refractivity contribution in [3.05, 3.63) is 53.6 Å². The summed E-state index contributed by atoms with van der Waals surface area (Å²) >= 11 is 0. The minimum atomic E-state index is -1.93. The molecule has 9 N–H and O–H groups in total. The van der Waals surface area contributed by atoms with Crippen LogP contribution in [0.1, 0.15) is 105 Å². The van der Waals surface area contributed by atoms with E-state index in [9.17, 15) is 50.8 Å². The fourth-order valence-electron chi connectivity index (χ4n) is 15.0. The summed E-state index contributed by atoms with van der Waals surface area (Å²) in [6.45, 7) is 9.87. The minimum Gasteiger partial charge on any atom is -0.458 e. The smallest absolute Gasteiger partial charge is 0.331 e. The fraction of sp³-hybridized carbons (Fsp3) is 0.807. The molecule has 0 spiro atoms. The number of carbonyl (C=O) groups excluding carboxylic acids is 1. The summed E-state index contributed by atoms with van der Waals surface area (Å²) < 4.78 is 74.2. The minimum absolute atomic E-state index is 0.00648. The molecule has 9 rings (SSSR count). The van der Waals surface area contributed by atoms with Crippen molar-refractivity contribution in [3.63, 3.8) is 0 Å². The number of benzene rings is 1. The molecule has 4 heterocycles. The Morgan fingerprint density at radius 2 is 1.33 bits per heavy atom. The Balaban J connectivity index is 0.815. The Hall–Kier alpha value is -2.63. The van der Waals surface area contributed by atoms with Crippen molar-refractivity contribution in [2.45, 2.75) is 245 Å². The number of fused-ring (bicyclic) bond motifs is 5. The van der Waals surface area contributed by atoms with Crippen LogP contribution in [-0.2, 0) is 61.6 Å². The van der Waals surface area contributed by atoms with Crippen LogP contribution in [-0.4, -0.2) is 226 Å². The van der Waals surface area contributed by atoms with Crippen molar-refractivity contribution < 1.29 is 108 Å². The van der Waals surface area contributed by atoms with Crippen LogP contribution in [0.15, 0.2) is 48.1 Å². The van der Waals surface area contributed by atoms with Crippen LogP contribution in [0.3, 0.4) is 0 Å². The highest BCUT2D eigenvalue weighted by Crippen LogP contribution is 2.71. The lowest BCUT2D eigenvalue weighted by atomic mass is 9.42. The van der Waals surface area contributed by atoms with E-state index in [0.29, 0.717) is 25.7 Å². The molecule has 0 bridgehead atoms. The van der Waals surface area contributed by atoms with Crippen LogP contribution < -0.4 is 0 Å². The lowest BCUT2D eigenvalue weighted by Gasteiger charge is -2.67. The molecule has 0 aromatic heterocycles. The summed E-state index contributed by atoms with van der Waals surface area (Å²) in [4.78, 5) is 13.6. The van der Waals surface area contributed by atoms with Crippen molar-refractivity contribution >= 4 is 12.0 Å². The average Bonchev–Trinajstić information content (AvgIpc) is 3.25. The zero-order chi connectivity index (χ0) is 57.1. The number of esters is 1. The van der Waals surface area contributed by atoms with Crippen molar-refractivity contribution in [2.24, 2.45) is 16.7 Å². The first-order valence-corrected chi connectivity index (χ1v) is 28.0. The van der Waals surface area contributed by atoms with Gasteiger partial charge in [0.15, 0.2) is 25.2 Å². The van der Waals surface area contributed by atoms with Gasteiger partial charge in [0, 0.05) is 46.2 Å². The highest BCUT2D eigenvalue weighted by atomic mass is 16.8. The van der Waals surface area contributed by atoms with E-state index in [4.69, 9.17) is 56.8 Å². The standard InChI is InChI=1S/C57H86O22/c1-28-47(77-42-25-36(69-8)48(29(2)72-42)78-52-46(64)50(70-9)49(30(3)73-52)79-51-45(63)44(62)43(61)37(27-58)75-51)35(68-7)24-41(71-28)74-34-18-19-53(5)33(23-34)17-20-56(66)38(53)26-39(76-40(60)16-15-32-13-11-10-12-14-32)54(6)55(65,31(4)59)21-22-57(54,56)67/h10-17,28-31,34-39,41-52,58-59,61-67H,18-27H2,1-9H3/b16-15+/t28-,29-,30-,31+,34+,35+,36+,37-,38-,39-,41+,42+,43-,44+,45-,46-,47-,48-,49-,50-,51+,52+,53+,54-,55-,56+,57-/m1/s1. The number of rotatable bonds is 16. The third kappa shape index (κ3) is 10.7. The number of methoxy groups -OCH3 is 3. The second kappa shape index (κ2) is 23.8. The molecule has 0 amide bonds. The van der Waals surface area contributed by atoms with E-state index < -0.39 is 169 Å². The number of aliphatic hydroxyl groups is 9. The molecule has 4 aliphatic carbocycles. The Labute approximate surface area is 461 Å². The first-order chi connectivity index (χ1) is 37.4. The Kier molecular flexibility index (Phi) is 18.4. The van der Waals surface area contributed by atoms with Crippen molar-refractivity contribution in [3.8, 4) is 0 Å². The molecule has 4 saturated heterocycles. The lowest BCUT2D eigenvalue weighted by molar-refractivity contribution is -0.373. The predicted octanol–water partition coefficient (Wildman–Crippen LogP) is 1.29. The highest BCUT2D eigenvalue weighted by Gasteiger charge is 2.81. The van der Waals surface area contributed by atoms with Crippen molar-refractivity contribution in [1.82, 2.24) is 0 Å². The van der Waals surface area contributed by atoms with Gasteiger partial charge >= 0.3 is 5.97 Å². The van der Waals surface area contributed by atoms with Gasteiger partial charge in [0.2, 0.25) is 0 Å². The number of ether oxygens (including phenoxy) is 12. The van der Waals surface area contributed by atoms with Gasteiger partial charge in [-0.3, -0.25) is 0 Å². The Morgan fingerprint density at radius 1 is 0.722 bits per heavy atom. The fourth-order valence-corrected chi connectivity index (χ4v) is 15.0. The summed E-state index contributed by atoms with van der Waals surface area (Å²) in [6.07, 6.45) is -13.5. The summed E-state index contributed by atoms with van der Waals surface area (Å²) in [5.41, 5.74) is -5.97. The first-order valence-electron chi connectivity index (χ1n) is 28.0. The van der Waals surface area contributed by atoms with Gasteiger partial charge in [-0.2, -0.15) is 0 Å². The average molecular weight is 1120 g/mol. The van der Waals surface area contributed by atoms with Crippen molar-refractivity contribution in [2.75, 3.05) is 27.9 Å². The van der Waals surface area contributed by atoms with Crippen molar-refractivity contribution in [1.29, 1.82) is 0 Å². The first kappa shape index (κ1) is 60.9. The van der Waals surface area contributed by atoms with Gasteiger partial charge in [-0.1, -0.05) is 55.8 Å². The summed E-state index contributed by atoms with van der Waals surface area (Å²) in [5.74, 6) is -1.24. The topological polar surface area (TPSA) is 310 Å². The van der Waals surface area contributed by atoms with Gasteiger partial charge < -0.3 is 103 Å². The second-order valence-corrected chi connectivity index (χ2v) is 23.9. The van der Waals surface area contributed by atoms with E-state index in [1.165, 1.54) is 27.2 Å². The summed E-state index contributed by atoms with van der Waals surface area (Å²) in [6, 6.07) is 9.29. The van der Waals surface area contributed by atoms with Crippen LogP contribution in [0.5, 0.6) is 0 Å². The SMILES string of the molecule is CO[C@@H]1[C@@H](O)[C@H](O[C@H]2[C@@H](OC)C[C@H](O[C@H]3[C@@H](OC)C[C@H](O[C@H]4CC[C@@]5(C)C(=CC[C@]6(O)[C@@H]5C[C@@H](OC(=O)/C=C/c5ccccc5)[C@@]5(C)[C@]6(O)CC[C@@]5(O)[C@H](C)O)C4)O[C@@H]3C)O[C@@H]2C)O[C@H](C)[C@H]1O[C@@H]1O[C@H](CO)[C@@H](O)[C@H](O)[C@H]1O. The number of hydrogen-bond donors (Lipinski definition) is 9. The van der Waals surface area contributed by atoms with Crippen LogP contribution in [0.25, 0.3) is 6.08 Å². The largest absolute Gasteiger partial charge is 0.458 e. The molecule has 7 fully saturated rings. The molecule has 446 valence electrons. The van der Waals surface area contributed by atoms with Crippen LogP contribution >= 0.6 is 0 Å². The number of carbonyl (C=O) groups is 1. The molecule has 1 aromatic rings. The van der Waals surface area contributed by atoms with E-state index in [1.807, 2.05) is 43.3 Å². The molecule has 79 heavy (non-hydrogen) atoms. The molecular weight excluding hydrogens is 1040 g/mol. The second-order valence-electron chi connectivity index (χ2n) is 23.9. The highest BCUT2D eigenvalue weighted by molar-refractivity contribution is 5.87. The lowest BCUT2D eigenvalue weighted by Crippen LogP contribution is -2.78. The summed E-state index contributed by atoms with van der Waals surface area (Å²) in [7, 11) is 4.50. The van der Waals surface area contributed by atoms with Gasteiger partial charge in [0.25, 0.3) is 0 Å². The molecule has 0 unspecified atom stereocenters. The summed E-state index contributed by atoms with van der Waals surface area (Å²) in [5, 5.41) is 102. The number of aliphatic hydroxyl groups excluding tert-OH is 6. The maximum atomic E-state index is 13.6. The number of hydrogen-bond acceptors (Lipinski definition) is 22. The Bertz CT molecular complexity index is 2290. The normalized spacial score (nSPS) is 49.5. The zero-order valence-corrected chi connectivity index (χ0v) is 46.7. The molecule has 8 aliphatic rings. The van der Waals surface area contributed by atoms with E-state index >= 15 is 0 Å². The van der Waals surface area contributed by atoms with Crippen LogP contribution in [0.4, 0.5) is 0 Å². The molecule has 22 heteroatoms. The van der Waals surface area contributed by atoms with Crippen LogP contribution in [0, 0.1) is 16.7 Å². The van der Waals surface area contributed by atoms with Crippen LogP contribution in [0.2, 0.25) is 0 Å². The third-order valence-electron chi connectivity index (χ3n) is 19.7. The molecule has 4 aliphatic heterocycles. The molecule has 1 aromatic carbocycles. The molecule has 22 nitrogen and oxygen atoms in total. The Morgan fingerprint density at radius 3 is 1.95 bits per heavy atom. The van der Waals surface area contributed by atoms with E-state index in [2.05, 4.69) is 6.92 Å². The van der Waals surface area contributed by atoms with Gasteiger partial charge in [0.05, 0.1) is 54.7 Å².